The Labute approximate surface area is 343 Å². The molecule has 0 radical (unpaired) electrons. The van der Waals surface area contributed by atoms with E-state index in [9.17, 15) is 0 Å². The summed E-state index contributed by atoms with van der Waals surface area (Å²) in [6, 6.07) is 77.7. The van der Waals surface area contributed by atoms with Crippen LogP contribution in [0.2, 0.25) is 0 Å². The number of amidine groups is 2. The Hall–Kier alpha value is -7.82. The lowest BCUT2D eigenvalue weighted by atomic mass is 9.99. The van der Waals surface area contributed by atoms with Gasteiger partial charge in [0.05, 0.1) is 11.0 Å². The predicted octanol–water partition coefficient (Wildman–Crippen LogP) is 13.4. The second-order valence-electron chi connectivity index (χ2n) is 15.1. The molecule has 0 amide bonds. The van der Waals surface area contributed by atoms with Crippen molar-refractivity contribution < 1.29 is 0 Å². The molecule has 9 aromatic carbocycles. The van der Waals surface area contributed by atoms with Crippen LogP contribution in [0.5, 0.6) is 0 Å². The van der Waals surface area contributed by atoms with Crippen LogP contribution < -0.4 is 5.32 Å². The summed E-state index contributed by atoms with van der Waals surface area (Å²) in [5.41, 5.74) is 13.7. The van der Waals surface area contributed by atoms with Crippen LogP contribution in [-0.2, 0) is 0 Å². The van der Waals surface area contributed by atoms with E-state index in [1.807, 2.05) is 18.2 Å². The van der Waals surface area contributed by atoms with Crippen LogP contribution in [0.4, 0.5) is 0 Å². The monoisotopic (exact) mass is 754 g/mol. The van der Waals surface area contributed by atoms with E-state index in [1.165, 1.54) is 54.8 Å². The van der Waals surface area contributed by atoms with Crippen LogP contribution in [0, 0.1) is 0 Å². The fourth-order valence-electron chi connectivity index (χ4n) is 8.44. The van der Waals surface area contributed by atoms with Crippen LogP contribution in [0.3, 0.4) is 0 Å². The maximum absolute atomic E-state index is 5.17. The van der Waals surface area contributed by atoms with E-state index in [-0.39, 0.29) is 6.17 Å². The van der Waals surface area contributed by atoms with Crippen molar-refractivity contribution in [1.29, 1.82) is 0 Å². The average molecular weight is 755 g/mol. The minimum Gasteiger partial charge on any atom is -0.344 e. The molecule has 4 heteroatoms. The quantitative estimate of drug-likeness (QED) is 0.173. The lowest BCUT2D eigenvalue weighted by Gasteiger charge is -2.24. The van der Waals surface area contributed by atoms with Crippen LogP contribution in [0.25, 0.3) is 71.6 Å². The van der Waals surface area contributed by atoms with Crippen LogP contribution >= 0.6 is 0 Å². The summed E-state index contributed by atoms with van der Waals surface area (Å²) in [6.07, 6.45) is -0.313. The highest BCUT2D eigenvalue weighted by atomic mass is 15.2. The van der Waals surface area contributed by atoms with Gasteiger partial charge in [-0.3, -0.25) is 0 Å². The molecular weight excluding hydrogens is 717 g/mol. The molecule has 1 unspecified atom stereocenters. The molecule has 1 aromatic heterocycles. The Morgan fingerprint density at radius 2 is 0.915 bits per heavy atom. The molecule has 0 bridgehead atoms. The van der Waals surface area contributed by atoms with Crippen molar-refractivity contribution in [2.45, 2.75) is 6.17 Å². The van der Waals surface area contributed by atoms with Gasteiger partial charge in [0.15, 0.2) is 5.84 Å². The highest BCUT2D eigenvalue weighted by Crippen LogP contribution is 2.36. The molecule has 59 heavy (non-hydrogen) atoms. The van der Waals surface area contributed by atoms with Crippen LogP contribution in [0.1, 0.15) is 22.9 Å². The Morgan fingerprint density at radius 1 is 0.373 bits per heavy atom. The number of hydrogen-bond donors (Lipinski definition) is 1. The highest BCUT2D eigenvalue weighted by Gasteiger charge is 2.22. The number of nitrogens with one attached hydrogen (secondary N) is 1. The number of aliphatic imine (C=N–C) groups is 2. The third-order valence-corrected chi connectivity index (χ3v) is 11.4. The Balaban J connectivity index is 0.931. The van der Waals surface area contributed by atoms with Gasteiger partial charge >= 0.3 is 0 Å². The summed E-state index contributed by atoms with van der Waals surface area (Å²) in [5.74, 6) is 1.50. The molecular formula is C55H38N4. The molecule has 1 aliphatic rings. The SMILES string of the molecule is c1ccc(C2=NC(c3ccc4cc(-c5ccccc5)ccc4c3)NC(c3cccc(-c4ccc(-n5c6ccccc6c6ccc(-c7ccccc7)cc65)cc4)c3)=N2)cc1. The van der Waals surface area contributed by atoms with E-state index < -0.39 is 0 Å². The van der Waals surface area contributed by atoms with E-state index in [0.29, 0.717) is 5.84 Å². The first-order chi connectivity index (χ1) is 29.2. The van der Waals surface area contributed by atoms with Crippen LogP contribution in [-0.4, -0.2) is 16.2 Å². The average Bonchev–Trinajstić information content (AvgIpc) is 3.65. The molecule has 10 aromatic rings. The number of rotatable bonds is 7. The van der Waals surface area contributed by atoms with E-state index in [4.69, 9.17) is 9.98 Å². The maximum Gasteiger partial charge on any atom is 0.159 e. The molecule has 0 fully saturated rings. The molecule has 2 heterocycles. The first-order valence-electron chi connectivity index (χ1n) is 20.1. The van der Waals surface area contributed by atoms with Gasteiger partial charge in [0, 0.05) is 27.6 Å². The normalized spacial score (nSPS) is 13.9. The maximum atomic E-state index is 5.17. The summed E-state index contributed by atoms with van der Waals surface area (Å²) >= 11 is 0. The standard InChI is InChI=1S/C55H38N4/c1-4-13-37(14-5-1)42-23-24-44-35-47(26-25-43(44)33-42)55-57-53(40-17-8-3-9-18-40)56-54(58-55)46-20-12-19-41(34-46)39-27-30-48(31-28-39)59-51-22-11-10-21-49(51)50-32-29-45(36-52(50)59)38-15-6-2-7-16-38/h1-36,55H,(H,56,57,58). The Morgan fingerprint density at radius 3 is 1.68 bits per heavy atom. The number of benzene rings is 9. The number of para-hydroxylation sites is 1. The number of nitrogens with zero attached hydrogens (tertiary/aromatic N) is 3. The third kappa shape index (κ3) is 6.47. The van der Waals surface area contributed by atoms with Crippen molar-refractivity contribution in [3.05, 3.63) is 235 Å². The number of fused-ring (bicyclic) bond motifs is 4. The Kier molecular flexibility index (Phi) is 8.52. The van der Waals surface area contributed by atoms with Crippen molar-refractivity contribution in [1.82, 2.24) is 9.88 Å². The van der Waals surface area contributed by atoms with E-state index in [0.717, 1.165) is 39.3 Å². The van der Waals surface area contributed by atoms with E-state index in [2.05, 4.69) is 210 Å². The minimum absolute atomic E-state index is 0.313. The van der Waals surface area contributed by atoms with Gasteiger partial charge in [0.25, 0.3) is 0 Å². The minimum atomic E-state index is -0.313. The Bertz CT molecular complexity index is 3220. The molecule has 1 N–H and O–H groups in total. The van der Waals surface area contributed by atoms with Crippen molar-refractivity contribution in [2.75, 3.05) is 0 Å². The molecule has 4 nitrogen and oxygen atoms in total. The number of aromatic nitrogens is 1. The smallest absolute Gasteiger partial charge is 0.159 e. The second kappa shape index (κ2) is 14.6. The fraction of sp³-hybridized carbons (Fsp3) is 0.0182. The molecule has 0 aliphatic carbocycles. The van der Waals surface area contributed by atoms with Gasteiger partial charge in [-0.2, -0.15) is 0 Å². The van der Waals surface area contributed by atoms with E-state index >= 15 is 0 Å². The van der Waals surface area contributed by atoms with Gasteiger partial charge in [-0.1, -0.05) is 176 Å². The molecule has 0 saturated carbocycles. The summed E-state index contributed by atoms with van der Waals surface area (Å²) in [5, 5.41) is 8.57. The summed E-state index contributed by atoms with van der Waals surface area (Å²) in [4.78, 5) is 10.3. The van der Waals surface area contributed by atoms with Crippen molar-refractivity contribution >= 4 is 44.2 Å². The zero-order valence-electron chi connectivity index (χ0n) is 32.2. The van der Waals surface area contributed by atoms with Gasteiger partial charge in [-0.15, -0.1) is 0 Å². The van der Waals surface area contributed by atoms with Crippen molar-refractivity contribution in [2.24, 2.45) is 9.98 Å². The lowest BCUT2D eigenvalue weighted by molar-refractivity contribution is 0.675. The molecule has 1 atom stereocenters. The van der Waals surface area contributed by atoms with Gasteiger partial charge in [0.2, 0.25) is 0 Å². The van der Waals surface area contributed by atoms with Crippen LogP contribution in [0.15, 0.2) is 228 Å². The molecule has 0 saturated heterocycles. The molecule has 0 spiro atoms. The van der Waals surface area contributed by atoms with E-state index in [1.54, 1.807) is 0 Å². The summed E-state index contributed by atoms with van der Waals surface area (Å²) < 4.78 is 2.39. The van der Waals surface area contributed by atoms with Gasteiger partial charge in [-0.05, 0) is 92.2 Å². The lowest BCUT2D eigenvalue weighted by Crippen LogP contribution is -2.33. The summed E-state index contributed by atoms with van der Waals surface area (Å²) in [6.45, 7) is 0. The number of hydrogen-bond acceptors (Lipinski definition) is 3. The largest absolute Gasteiger partial charge is 0.344 e. The van der Waals surface area contributed by atoms with Gasteiger partial charge < -0.3 is 9.88 Å². The topological polar surface area (TPSA) is 41.7 Å². The first kappa shape index (κ1) is 34.4. The second-order valence-corrected chi connectivity index (χ2v) is 15.1. The fourth-order valence-corrected chi connectivity index (χ4v) is 8.44. The zero-order valence-corrected chi connectivity index (χ0v) is 32.2. The predicted molar refractivity (Wildman–Crippen MR) is 246 cm³/mol. The van der Waals surface area contributed by atoms with Crippen molar-refractivity contribution in [3.63, 3.8) is 0 Å². The molecule has 1 aliphatic heterocycles. The highest BCUT2D eigenvalue weighted by molar-refractivity contribution is 6.13. The zero-order chi connectivity index (χ0) is 39.1. The first-order valence-corrected chi connectivity index (χ1v) is 20.1. The molecule has 11 rings (SSSR count). The van der Waals surface area contributed by atoms with Gasteiger partial charge in [-0.25, -0.2) is 9.98 Å². The van der Waals surface area contributed by atoms with Crippen molar-refractivity contribution in [3.8, 4) is 39.1 Å². The summed E-state index contributed by atoms with van der Waals surface area (Å²) in [7, 11) is 0. The van der Waals surface area contributed by atoms with Gasteiger partial charge in [0.1, 0.15) is 12.0 Å². The molecule has 278 valence electrons. The third-order valence-electron chi connectivity index (χ3n) is 11.4.